The van der Waals surface area contributed by atoms with Crippen LogP contribution in [0.4, 0.5) is 5.69 Å². The van der Waals surface area contributed by atoms with Crippen molar-refractivity contribution in [2.24, 2.45) is 5.41 Å². The number of nitrogens with one attached hydrogen (secondary N) is 1. The molecule has 5 nitrogen and oxygen atoms in total. The van der Waals surface area contributed by atoms with Gasteiger partial charge in [0, 0.05) is 18.4 Å². The van der Waals surface area contributed by atoms with E-state index in [0.717, 1.165) is 0 Å². The maximum atomic E-state index is 12.7. The van der Waals surface area contributed by atoms with Crippen molar-refractivity contribution in [2.45, 2.75) is 40.5 Å². The van der Waals surface area contributed by atoms with E-state index in [0.29, 0.717) is 47.8 Å². The molecule has 2 aromatic rings. The number of rotatable bonds is 4. The van der Waals surface area contributed by atoms with E-state index < -0.39 is 0 Å². The molecule has 0 saturated heterocycles. The minimum Gasteiger partial charge on any atom is -0.492 e. The summed E-state index contributed by atoms with van der Waals surface area (Å²) in [5.74, 6) is 1.08. The highest BCUT2D eigenvalue weighted by Crippen LogP contribution is 2.38. The average Bonchev–Trinajstić information content (AvgIpc) is 2.85. The Morgan fingerprint density at radius 3 is 2.72 bits per heavy atom. The summed E-state index contributed by atoms with van der Waals surface area (Å²) in [4.78, 5) is 25.1. The Labute approximate surface area is 147 Å². The predicted molar refractivity (Wildman–Crippen MR) is 95.4 cm³/mol. The number of carbonyl (C=O) groups is 2. The minimum absolute atomic E-state index is 0.0428. The van der Waals surface area contributed by atoms with Gasteiger partial charge in [0.25, 0.3) is 5.91 Å². The third-order valence-electron chi connectivity index (χ3n) is 4.42. The Bertz CT molecular complexity index is 832. The Kier molecular flexibility index (Phi) is 4.41. The zero-order valence-corrected chi connectivity index (χ0v) is 15.1. The lowest BCUT2D eigenvalue weighted by Crippen LogP contribution is -2.26. The van der Waals surface area contributed by atoms with Crippen LogP contribution < -0.4 is 10.1 Å². The van der Waals surface area contributed by atoms with Gasteiger partial charge in [-0.2, -0.15) is 0 Å². The molecule has 1 amide bonds. The molecule has 1 heterocycles. The van der Waals surface area contributed by atoms with Crippen LogP contribution in [0.5, 0.6) is 5.75 Å². The van der Waals surface area contributed by atoms with E-state index in [-0.39, 0.29) is 22.9 Å². The van der Waals surface area contributed by atoms with E-state index in [1.54, 1.807) is 19.1 Å². The number of furan rings is 1. The van der Waals surface area contributed by atoms with Crippen LogP contribution in [0.15, 0.2) is 28.7 Å². The van der Waals surface area contributed by atoms with Crippen molar-refractivity contribution in [3.8, 4) is 5.75 Å². The zero-order valence-electron chi connectivity index (χ0n) is 15.1. The molecule has 1 aromatic heterocycles. The number of ketones is 1. The third kappa shape index (κ3) is 3.31. The molecule has 0 atom stereocenters. The van der Waals surface area contributed by atoms with Crippen LogP contribution >= 0.6 is 0 Å². The lowest BCUT2D eigenvalue weighted by Gasteiger charge is -2.27. The number of hydrogen-bond donors (Lipinski definition) is 1. The van der Waals surface area contributed by atoms with Crippen molar-refractivity contribution in [3.63, 3.8) is 0 Å². The van der Waals surface area contributed by atoms with Crippen LogP contribution in [0.1, 0.15) is 59.4 Å². The molecule has 1 aliphatic rings. The third-order valence-corrected chi connectivity index (χ3v) is 4.42. The zero-order chi connectivity index (χ0) is 18.2. The molecular formula is C20H23NO4. The first kappa shape index (κ1) is 17.3. The van der Waals surface area contributed by atoms with Gasteiger partial charge in [0.05, 0.1) is 17.9 Å². The van der Waals surface area contributed by atoms with Gasteiger partial charge >= 0.3 is 0 Å². The number of benzene rings is 1. The molecule has 1 aliphatic carbocycles. The molecule has 132 valence electrons. The summed E-state index contributed by atoms with van der Waals surface area (Å²) in [5, 5.41) is 2.83. The first-order chi connectivity index (χ1) is 11.8. The van der Waals surface area contributed by atoms with Gasteiger partial charge in [-0.15, -0.1) is 0 Å². The predicted octanol–water partition coefficient (Wildman–Crippen LogP) is 4.39. The van der Waals surface area contributed by atoms with Crippen molar-refractivity contribution < 1.29 is 18.7 Å². The highest BCUT2D eigenvalue weighted by atomic mass is 16.5. The van der Waals surface area contributed by atoms with E-state index in [1.165, 1.54) is 0 Å². The van der Waals surface area contributed by atoms with Crippen LogP contribution in [0, 0.1) is 12.3 Å². The summed E-state index contributed by atoms with van der Waals surface area (Å²) in [6.07, 6.45) is 1.12. The molecule has 0 bridgehead atoms. The molecule has 0 unspecified atom stereocenters. The Hall–Kier alpha value is -2.56. The number of anilines is 1. The average molecular weight is 341 g/mol. The minimum atomic E-state index is -0.371. The van der Waals surface area contributed by atoms with E-state index in [9.17, 15) is 9.59 Å². The first-order valence-corrected chi connectivity index (χ1v) is 8.51. The molecule has 0 aliphatic heterocycles. The van der Waals surface area contributed by atoms with Crippen LogP contribution in [-0.4, -0.2) is 18.3 Å². The summed E-state index contributed by atoms with van der Waals surface area (Å²) in [6.45, 7) is 8.22. The summed E-state index contributed by atoms with van der Waals surface area (Å²) in [7, 11) is 0. The van der Waals surface area contributed by atoms with Gasteiger partial charge in [-0.05, 0) is 31.4 Å². The quantitative estimate of drug-likeness (QED) is 0.895. The molecule has 5 heteroatoms. The molecule has 3 rings (SSSR count). The Balaban J connectivity index is 1.91. The number of para-hydroxylation sites is 2. The fourth-order valence-electron chi connectivity index (χ4n) is 3.33. The fourth-order valence-corrected chi connectivity index (χ4v) is 3.33. The van der Waals surface area contributed by atoms with Crippen molar-refractivity contribution in [2.75, 3.05) is 11.9 Å². The number of fused-ring (bicyclic) bond motifs is 1. The van der Waals surface area contributed by atoms with Gasteiger partial charge in [0.1, 0.15) is 11.5 Å². The lowest BCUT2D eigenvalue weighted by molar-refractivity contribution is 0.0898. The maximum Gasteiger partial charge on any atom is 0.291 e. The Morgan fingerprint density at radius 2 is 2.00 bits per heavy atom. The van der Waals surface area contributed by atoms with Gasteiger partial charge in [-0.1, -0.05) is 26.0 Å². The monoisotopic (exact) mass is 341 g/mol. The molecule has 1 aromatic carbocycles. The van der Waals surface area contributed by atoms with E-state index >= 15 is 0 Å². The largest absolute Gasteiger partial charge is 0.492 e. The highest BCUT2D eigenvalue weighted by molar-refractivity contribution is 6.08. The molecule has 0 radical (unpaired) electrons. The normalized spacial score (nSPS) is 15.6. The topological polar surface area (TPSA) is 68.5 Å². The smallest absolute Gasteiger partial charge is 0.291 e. The molecule has 25 heavy (non-hydrogen) atoms. The van der Waals surface area contributed by atoms with E-state index in [2.05, 4.69) is 5.32 Å². The molecular weight excluding hydrogens is 318 g/mol. The van der Waals surface area contributed by atoms with Gasteiger partial charge in [-0.3, -0.25) is 9.59 Å². The first-order valence-electron chi connectivity index (χ1n) is 8.51. The van der Waals surface area contributed by atoms with E-state index in [1.807, 2.05) is 32.9 Å². The number of amides is 1. The van der Waals surface area contributed by atoms with Crippen molar-refractivity contribution in [3.05, 3.63) is 46.9 Å². The van der Waals surface area contributed by atoms with Gasteiger partial charge < -0.3 is 14.5 Å². The second-order valence-corrected chi connectivity index (χ2v) is 7.18. The number of hydrogen-bond acceptors (Lipinski definition) is 4. The summed E-state index contributed by atoms with van der Waals surface area (Å²) in [6, 6.07) is 7.24. The van der Waals surface area contributed by atoms with Gasteiger partial charge in [0.15, 0.2) is 11.5 Å². The number of Topliss-reactive ketones (excluding diaryl/α,β-unsaturated/α-hetero) is 1. The van der Waals surface area contributed by atoms with Gasteiger partial charge in [-0.25, -0.2) is 0 Å². The summed E-state index contributed by atoms with van der Waals surface area (Å²) in [5.41, 5.74) is 1.61. The Morgan fingerprint density at radius 1 is 1.28 bits per heavy atom. The van der Waals surface area contributed by atoms with Crippen molar-refractivity contribution >= 4 is 17.4 Å². The van der Waals surface area contributed by atoms with Crippen molar-refractivity contribution in [1.29, 1.82) is 0 Å². The summed E-state index contributed by atoms with van der Waals surface area (Å²) < 4.78 is 11.3. The maximum absolute atomic E-state index is 12.7. The lowest BCUT2D eigenvalue weighted by atomic mass is 9.76. The van der Waals surface area contributed by atoms with Gasteiger partial charge in [0.2, 0.25) is 0 Å². The SMILES string of the molecule is CCOc1ccccc1NC(=O)c1oc2c(c1C)C(=O)CC(C)(C)C2. The molecule has 1 N–H and O–H groups in total. The highest BCUT2D eigenvalue weighted by Gasteiger charge is 2.37. The van der Waals surface area contributed by atoms with Crippen LogP contribution in [0.3, 0.4) is 0 Å². The van der Waals surface area contributed by atoms with Crippen LogP contribution in [-0.2, 0) is 6.42 Å². The second-order valence-electron chi connectivity index (χ2n) is 7.18. The van der Waals surface area contributed by atoms with Crippen LogP contribution in [0.2, 0.25) is 0 Å². The number of carbonyl (C=O) groups excluding carboxylic acids is 2. The summed E-state index contributed by atoms with van der Waals surface area (Å²) >= 11 is 0. The fraction of sp³-hybridized carbons (Fsp3) is 0.400. The number of ether oxygens (including phenoxy) is 1. The van der Waals surface area contributed by atoms with E-state index in [4.69, 9.17) is 9.15 Å². The van der Waals surface area contributed by atoms with Crippen molar-refractivity contribution in [1.82, 2.24) is 0 Å². The second kappa shape index (κ2) is 6.39. The molecule has 0 spiro atoms. The van der Waals surface area contributed by atoms with Crippen LogP contribution in [0.25, 0.3) is 0 Å². The standard InChI is InChI=1S/C20H23NO4/c1-5-24-15-9-7-6-8-13(15)21-19(23)18-12(2)17-14(22)10-20(3,4)11-16(17)25-18/h6-9H,5,10-11H2,1-4H3,(H,21,23). The molecule has 0 fully saturated rings. The molecule has 0 saturated carbocycles.